The fraction of sp³-hybridized carbons (Fsp3) is 0. The SMILES string of the molecule is c1ccc(-c2nnc(-c3ccc(-n4c5ccccc5c5cc6oc7ccccc7c6cc54)cc3)nc2-c2ccc3ccccc3n2)cc1. The summed E-state index contributed by atoms with van der Waals surface area (Å²) >= 11 is 0. The van der Waals surface area contributed by atoms with E-state index in [1.54, 1.807) is 0 Å². The van der Waals surface area contributed by atoms with E-state index in [1.807, 2.05) is 66.7 Å². The number of rotatable bonds is 4. The minimum atomic E-state index is 0.542. The molecule has 0 unspecified atom stereocenters. The molecule has 0 amide bonds. The highest BCUT2D eigenvalue weighted by Crippen LogP contribution is 2.38. The molecular formula is C42H25N5O. The Morgan fingerprint density at radius 1 is 0.458 bits per heavy atom. The summed E-state index contributed by atoms with van der Waals surface area (Å²) in [6, 6.07) is 51.8. The molecule has 0 aliphatic heterocycles. The van der Waals surface area contributed by atoms with Crippen LogP contribution in [0.25, 0.3) is 94.4 Å². The van der Waals surface area contributed by atoms with Crippen LogP contribution in [0.2, 0.25) is 0 Å². The lowest BCUT2D eigenvalue weighted by Gasteiger charge is -2.11. The zero-order valence-corrected chi connectivity index (χ0v) is 25.6. The lowest BCUT2D eigenvalue weighted by molar-refractivity contribution is 0.669. The fourth-order valence-corrected chi connectivity index (χ4v) is 6.84. The number of aromatic nitrogens is 5. The number of para-hydroxylation sites is 3. The summed E-state index contributed by atoms with van der Waals surface area (Å²) in [5.74, 6) is 0.542. The molecule has 0 N–H and O–H groups in total. The van der Waals surface area contributed by atoms with Crippen molar-refractivity contribution in [2.24, 2.45) is 0 Å². The first-order valence-electron chi connectivity index (χ1n) is 15.9. The number of hydrogen-bond acceptors (Lipinski definition) is 5. The molecule has 0 radical (unpaired) electrons. The Morgan fingerprint density at radius 3 is 2.12 bits per heavy atom. The average molecular weight is 616 g/mol. The van der Waals surface area contributed by atoms with Gasteiger partial charge in [-0.05, 0) is 60.7 Å². The molecule has 10 aromatic rings. The largest absolute Gasteiger partial charge is 0.456 e. The van der Waals surface area contributed by atoms with E-state index >= 15 is 0 Å². The predicted molar refractivity (Wildman–Crippen MR) is 193 cm³/mol. The van der Waals surface area contributed by atoms with Crippen molar-refractivity contribution < 1.29 is 4.42 Å². The van der Waals surface area contributed by atoms with E-state index in [9.17, 15) is 0 Å². The van der Waals surface area contributed by atoms with E-state index in [0.717, 1.165) is 71.8 Å². The molecule has 0 saturated carbocycles. The van der Waals surface area contributed by atoms with E-state index in [2.05, 4.69) is 94.6 Å². The third kappa shape index (κ3) is 4.13. The van der Waals surface area contributed by atoms with Crippen LogP contribution in [0.15, 0.2) is 156 Å². The van der Waals surface area contributed by atoms with Crippen molar-refractivity contribution >= 4 is 54.6 Å². The Kier molecular flexibility index (Phi) is 5.77. The molecule has 0 bridgehead atoms. The third-order valence-electron chi connectivity index (χ3n) is 9.13. The first kappa shape index (κ1) is 26.5. The second-order valence-electron chi connectivity index (χ2n) is 12.0. The first-order valence-corrected chi connectivity index (χ1v) is 15.9. The number of nitrogens with zero attached hydrogens (tertiary/aromatic N) is 5. The Morgan fingerprint density at radius 2 is 1.23 bits per heavy atom. The monoisotopic (exact) mass is 615 g/mol. The van der Waals surface area contributed by atoms with Gasteiger partial charge in [-0.25, -0.2) is 9.97 Å². The Balaban J connectivity index is 1.12. The summed E-state index contributed by atoms with van der Waals surface area (Å²) in [4.78, 5) is 10.1. The van der Waals surface area contributed by atoms with Crippen LogP contribution in [0.5, 0.6) is 0 Å². The van der Waals surface area contributed by atoms with Gasteiger partial charge in [0.05, 0.1) is 22.2 Å². The molecule has 0 aliphatic rings. The Hall–Kier alpha value is -6.66. The van der Waals surface area contributed by atoms with Gasteiger partial charge < -0.3 is 8.98 Å². The molecule has 6 heteroatoms. The third-order valence-corrected chi connectivity index (χ3v) is 9.13. The maximum absolute atomic E-state index is 6.25. The van der Waals surface area contributed by atoms with Gasteiger partial charge >= 0.3 is 0 Å². The van der Waals surface area contributed by atoms with Gasteiger partial charge in [0.25, 0.3) is 0 Å². The second-order valence-corrected chi connectivity index (χ2v) is 12.0. The molecule has 6 nitrogen and oxygen atoms in total. The lowest BCUT2D eigenvalue weighted by Crippen LogP contribution is -2.01. The van der Waals surface area contributed by atoms with Gasteiger partial charge in [0.15, 0.2) is 5.82 Å². The van der Waals surface area contributed by atoms with Crippen molar-refractivity contribution in [3.8, 4) is 39.7 Å². The van der Waals surface area contributed by atoms with Gasteiger partial charge in [-0.15, -0.1) is 10.2 Å². The first-order chi connectivity index (χ1) is 23.8. The van der Waals surface area contributed by atoms with Crippen molar-refractivity contribution in [1.82, 2.24) is 24.7 Å². The van der Waals surface area contributed by atoms with Crippen molar-refractivity contribution in [3.05, 3.63) is 152 Å². The van der Waals surface area contributed by atoms with Crippen molar-refractivity contribution in [2.75, 3.05) is 0 Å². The highest BCUT2D eigenvalue weighted by molar-refractivity contribution is 6.17. The van der Waals surface area contributed by atoms with Gasteiger partial charge in [-0.1, -0.05) is 91.0 Å². The van der Waals surface area contributed by atoms with E-state index in [0.29, 0.717) is 17.2 Å². The summed E-state index contributed by atoms with van der Waals surface area (Å²) in [5, 5.41) is 15.0. The van der Waals surface area contributed by atoms with E-state index < -0.39 is 0 Å². The topological polar surface area (TPSA) is 69.6 Å². The van der Waals surface area contributed by atoms with Gasteiger partial charge in [0.2, 0.25) is 0 Å². The number of pyridine rings is 1. The summed E-state index contributed by atoms with van der Waals surface area (Å²) in [6.45, 7) is 0. The van der Waals surface area contributed by atoms with Crippen LogP contribution >= 0.6 is 0 Å². The van der Waals surface area contributed by atoms with Crippen LogP contribution in [0.1, 0.15) is 0 Å². The summed E-state index contributed by atoms with van der Waals surface area (Å²) in [7, 11) is 0. The lowest BCUT2D eigenvalue weighted by atomic mass is 10.1. The molecule has 224 valence electrons. The average Bonchev–Trinajstić information content (AvgIpc) is 3.68. The van der Waals surface area contributed by atoms with Crippen LogP contribution in [-0.2, 0) is 0 Å². The molecule has 0 spiro atoms. The van der Waals surface area contributed by atoms with Crippen molar-refractivity contribution in [2.45, 2.75) is 0 Å². The van der Waals surface area contributed by atoms with Gasteiger partial charge in [0.1, 0.15) is 22.6 Å². The predicted octanol–water partition coefficient (Wildman–Crippen LogP) is 10.4. The molecule has 0 atom stereocenters. The van der Waals surface area contributed by atoms with Crippen molar-refractivity contribution in [3.63, 3.8) is 0 Å². The molecular weight excluding hydrogens is 590 g/mol. The molecule has 10 rings (SSSR count). The zero-order valence-electron chi connectivity index (χ0n) is 25.6. The van der Waals surface area contributed by atoms with Crippen LogP contribution in [0, 0.1) is 0 Å². The maximum atomic E-state index is 6.25. The Labute approximate surface area is 274 Å². The highest BCUT2D eigenvalue weighted by atomic mass is 16.3. The standard InChI is InChI=1S/C42H25N5O/c1-2-11-27(12-3-1)40-41(35-23-20-26-10-4-7-15-34(26)43-35)44-42(46-45-40)28-18-21-29(22-19-28)47-36-16-8-5-13-30(36)32-25-39-33(24-37(32)47)31-14-6-9-17-38(31)48-39/h1-25H. The number of hydrogen-bond donors (Lipinski definition) is 0. The number of furan rings is 1. The van der Waals surface area contributed by atoms with E-state index in [1.165, 1.54) is 5.39 Å². The smallest absolute Gasteiger partial charge is 0.182 e. The van der Waals surface area contributed by atoms with Gasteiger partial charge in [0, 0.05) is 43.7 Å². The van der Waals surface area contributed by atoms with E-state index in [4.69, 9.17) is 19.5 Å². The summed E-state index contributed by atoms with van der Waals surface area (Å²) in [6.07, 6.45) is 0. The zero-order chi connectivity index (χ0) is 31.6. The molecule has 48 heavy (non-hydrogen) atoms. The normalized spacial score (nSPS) is 11.8. The Bertz CT molecular complexity index is 2830. The van der Waals surface area contributed by atoms with Crippen LogP contribution < -0.4 is 0 Å². The quantitative estimate of drug-likeness (QED) is 0.197. The van der Waals surface area contributed by atoms with Crippen LogP contribution in [-0.4, -0.2) is 24.7 Å². The highest BCUT2D eigenvalue weighted by Gasteiger charge is 2.18. The second kappa shape index (κ2) is 10.4. The molecule has 4 heterocycles. The fourth-order valence-electron chi connectivity index (χ4n) is 6.84. The van der Waals surface area contributed by atoms with Crippen LogP contribution in [0.4, 0.5) is 0 Å². The number of fused-ring (bicyclic) bond motifs is 7. The molecule has 4 aromatic heterocycles. The minimum absolute atomic E-state index is 0.542. The van der Waals surface area contributed by atoms with E-state index in [-0.39, 0.29) is 0 Å². The molecule has 0 aliphatic carbocycles. The maximum Gasteiger partial charge on any atom is 0.182 e. The molecule has 6 aromatic carbocycles. The molecule has 0 fully saturated rings. The summed E-state index contributed by atoms with van der Waals surface area (Å²) < 4.78 is 8.57. The minimum Gasteiger partial charge on any atom is -0.456 e. The number of benzene rings is 6. The van der Waals surface area contributed by atoms with Crippen LogP contribution in [0.3, 0.4) is 0 Å². The van der Waals surface area contributed by atoms with Gasteiger partial charge in [-0.2, -0.15) is 0 Å². The van der Waals surface area contributed by atoms with Gasteiger partial charge in [-0.3, -0.25) is 0 Å². The van der Waals surface area contributed by atoms with Crippen molar-refractivity contribution in [1.29, 1.82) is 0 Å². The molecule has 0 saturated heterocycles. The summed E-state index contributed by atoms with van der Waals surface area (Å²) in [5.41, 5.74) is 9.95.